The van der Waals surface area contributed by atoms with Crippen molar-refractivity contribution in [2.75, 3.05) is 13.7 Å². The second kappa shape index (κ2) is 13.3. The average Bonchev–Trinajstić information content (AvgIpc) is 3.84. The Morgan fingerprint density at radius 3 is 2.17 bits per heavy atom. The summed E-state index contributed by atoms with van der Waals surface area (Å²) >= 11 is 0. The van der Waals surface area contributed by atoms with Crippen molar-refractivity contribution >= 4 is 11.7 Å². The molecule has 0 N–H and O–H groups in total. The zero-order valence-electron chi connectivity index (χ0n) is 22.7. The second-order valence-corrected chi connectivity index (χ2v) is 9.74. The molecule has 1 aliphatic carbocycles. The number of benzene rings is 4. The summed E-state index contributed by atoms with van der Waals surface area (Å²) in [5.41, 5.74) is 5.14. The van der Waals surface area contributed by atoms with Gasteiger partial charge in [-0.25, -0.2) is 0 Å². The first-order valence-corrected chi connectivity index (χ1v) is 13.4. The minimum Gasteiger partial charge on any atom is -0.489 e. The van der Waals surface area contributed by atoms with Crippen molar-refractivity contribution in [3.05, 3.63) is 131 Å². The van der Waals surface area contributed by atoms with Crippen LogP contribution in [0.25, 0.3) is 0 Å². The Bertz CT molecular complexity index is 1510. The molecule has 0 heterocycles. The van der Waals surface area contributed by atoms with Gasteiger partial charge < -0.3 is 19.0 Å². The Morgan fingerprint density at radius 2 is 1.49 bits per heavy atom. The summed E-state index contributed by atoms with van der Waals surface area (Å²) in [6, 6.07) is 34.5. The summed E-state index contributed by atoms with van der Waals surface area (Å²) < 4.78 is 17.4. The van der Waals surface area contributed by atoms with E-state index in [2.05, 4.69) is 11.2 Å². The van der Waals surface area contributed by atoms with Crippen molar-refractivity contribution in [1.82, 2.24) is 0 Å². The molecule has 0 saturated heterocycles. The Kier molecular flexibility index (Phi) is 8.92. The van der Waals surface area contributed by atoms with Gasteiger partial charge in [0.1, 0.15) is 44.1 Å². The molecule has 7 heteroatoms. The van der Waals surface area contributed by atoms with Crippen LogP contribution in [0, 0.1) is 17.2 Å². The van der Waals surface area contributed by atoms with Crippen molar-refractivity contribution in [1.29, 1.82) is 5.26 Å². The van der Waals surface area contributed by atoms with Crippen molar-refractivity contribution in [2.24, 2.45) is 11.1 Å². The fraction of sp³-hybridized carbons (Fsp3) is 0.206. The lowest BCUT2D eigenvalue weighted by Gasteiger charge is -2.11. The van der Waals surface area contributed by atoms with E-state index < -0.39 is 0 Å². The van der Waals surface area contributed by atoms with Gasteiger partial charge in [-0.1, -0.05) is 71.9 Å². The van der Waals surface area contributed by atoms with Gasteiger partial charge in [0.25, 0.3) is 0 Å². The van der Waals surface area contributed by atoms with Crippen LogP contribution in [0.3, 0.4) is 0 Å². The first kappa shape index (κ1) is 27.5. The molecule has 0 aromatic heterocycles. The Balaban J connectivity index is 1.07. The number of hydrogen-bond donors (Lipinski definition) is 0. The van der Waals surface area contributed by atoms with Crippen LogP contribution in [-0.2, 0) is 27.6 Å². The smallest absolute Gasteiger partial charge is 0.309 e. The number of rotatable bonds is 12. The number of nitrogens with zero attached hydrogens (tertiary/aromatic N) is 2. The molecule has 1 saturated carbocycles. The normalized spacial score (nSPS) is 15.9. The van der Waals surface area contributed by atoms with Crippen molar-refractivity contribution < 1.29 is 23.8 Å². The second-order valence-electron chi connectivity index (χ2n) is 9.74. The van der Waals surface area contributed by atoms with E-state index in [9.17, 15) is 4.79 Å². The summed E-state index contributed by atoms with van der Waals surface area (Å²) in [6.45, 7) is 0.943. The molecule has 0 amide bonds. The van der Waals surface area contributed by atoms with E-state index in [-0.39, 0.29) is 24.4 Å². The number of carbonyl (C=O) groups is 1. The number of ether oxygens (including phenoxy) is 3. The molecule has 0 aliphatic heterocycles. The molecule has 1 fully saturated rings. The van der Waals surface area contributed by atoms with Crippen molar-refractivity contribution in [3.8, 4) is 17.6 Å². The molecule has 7 nitrogen and oxygen atoms in total. The summed E-state index contributed by atoms with van der Waals surface area (Å²) in [7, 11) is 1.48. The number of oxime groups is 1. The van der Waals surface area contributed by atoms with Crippen LogP contribution >= 0.6 is 0 Å². The van der Waals surface area contributed by atoms with Gasteiger partial charge in [-0.05, 0) is 65.4 Å². The van der Waals surface area contributed by atoms with Crippen LogP contribution in [-0.4, -0.2) is 25.4 Å². The molecule has 0 radical (unpaired) electrons. The van der Waals surface area contributed by atoms with Crippen molar-refractivity contribution in [3.63, 3.8) is 0 Å². The third-order valence-corrected chi connectivity index (χ3v) is 6.88. The maximum atomic E-state index is 12.4. The van der Waals surface area contributed by atoms with Crippen LogP contribution in [0.4, 0.5) is 0 Å². The fourth-order valence-electron chi connectivity index (χ4n) is 4.48. The predicted octanol–water partition coefficient (Wildman–Crippen LogP) is 6.41. The van der Waals surface area contributed by atoms with Crippen LogP contribution in [0.15, 0.2) is 108 Å². The van der Waals surface area contributed by atoms with Crippen LogP contribution in [0.2, 0.25) is 0 Å². The van der Waals surface area contributed by atoms with E-state index >= 15 is 0 Å². The topological polar surface area (TPSA) is 90.1 Å². The van der Waals surface area contributed by atoms with Crippen LogP contribution in [0.5, 0.6) is 11.5 Å². The number of nitriles is 1. The molecule has 0 bridgehead atoms. The molecule has 5 rings (SSSR count). The highest BCUT2D eigenvalue weighted by Crippen LogP contribution is 2.48. The van der Waals surface area contributed by atoms with Gasteiger partial charge in [0.15, 0.2) is 0 Å². The quantitative estimate of drug-likeness (QED) is 0.116. The predicted molar refractivity (Wildman–Crippen MR) is 154 cm³/mol. The molecule has 41 heavy (non-hydrogen) atoms. The van der Waals surface area contributed by atoms with Gasteiger partial charge >= 0.3 is 5.97 Å². The van der Waals surface area contributed by atoms with Gasteiger partial charge in [0, 0.05) is 5.56 Å². The van der Waals surface area contributed by atoms with Crippen molar-refractivity contribution in [2.45, 2.75) is 25.6 Å². The monoisotopic (exact) mass is 546 g/mol. The number of hydrogen-bond acceptors (Lipinski definition) is 7. The zero-order chi connectivity index (χ0) is 28.4. The molecule has 2 atom stereocenters. The molecule has 4 aromatic carbocycles. The van der Waals surface area contributed by atoms with E-state index in [0.29, 0.717) is 30.2 Å². The average molecular weight is 547 g/mol. The van der Waals surface area contributed by atoms with Crippen LogP contribution in [0.1, 0.15) is 40.2 Å². The van der Waals surface area contributed by atoms with E-state index in [0.717, 1.165) is 34.4 Å². The van der Waals surface area contributed by atoms with Gasteiger partial charge in [-0.2, -0.15) is 5.26 Å². The van der Waals surface area contributed by atoms with Gasteiger partial charge in [-0.15, -0.1) is 0 Å². The summed E-state index contributed by atoms with van der Waals surface area (Å²) in [6.07, 6.45) is 0.814. The number of carbonyl (C=O) groups excluding carboxylic acids is 1. The fourth-order valence-corrected chi connectivity index (χ4v) is 4.48. The van der Waals surface area contributed by atoms with Gasteiger partial charge in [-0.3, -0.25) is 4.79 Å². The third-order valence-electron chi connectivity index (χ3n) is 6.88. The highest BCUT2D eigenvalue weighted by molar-refractivity contribution is 6.01. The molecule has 0 spiro atoms. The van der Waals surface area contributed by atoms with E-state index in [1.165, 1.54) is 7.11 Å². The first-order valence-electron chi connectivity index (χ1n) is 13.4. The standard InChI is InChI=1S/C34H30N2O5/c1-38-36-33(28-11-7-24(20-35)8-12-28)23-40-29-15-9-26(10-16-29)21-39-30-17-13-27(14-18-30)31-19-32(31)34(37)41-22-25-5-3-2-4-6-25/h2-18,31-32H,19,21-23H2,1H3/b36-33+/t31-,32-/m1/s1. The maximum absolute atomic E-state index is 12.4. The van der Waals surface area contributed by atoms with Crippen LogP contribution < -0.4 is 9.47 Å². The SMILES string of the molecule is CO/N=C(\COc1ccc(COc2ccc([C@H]3C[C@H]3C(=O)OCc3ccccc3)cc2)cc1)c1ccc(C#N)cc1. The Morgan fingerprint density at radius 1 is 0.829 bits per heavy atom. The highest BCUT2D eigenvalue weighted by atomic mass is 16.6. The molecule has 4 aromatic rings. The lowest BCUT2D eigenvalue weighted by atomic mass is 10.1. The number of esters is 1. The van der Waals surface area contributed by atoms with E-state index in [1.54, 1.807) is 12.1 Å². The molecular formula is C34H30N2O5. The molecule has 0 unspecified atom stereocenters. The van der Waals surface area contributed by atoms with E-state index in [1.807, 2.05) is 91.0 Å². The molecule has 206 valence electrons. The summed E-state index contributed by atoms with van der Waals surface area (Å²) in [5, 5.41) is 13.1. The third kappa shape index (κ3) is 7.52. The van der Waals surface area contributed by atoms with Gasteiger partial charge in [0.2, 0.25) is 0 Å². The highest BCUT2D eigenvalue weighted by Gasteiger charge is 2.45. The first-order chi connectivity index (χ1) is 20.1. The summed E-state index contributed by atoms with van der Waals surface area (Å²) in [4.78, 5) is 17.4. The molecular weight excluding hydrogens is 516 g/mol. The zero-order valence-corrected chi connectivity index (χ0v) is 22.7. The minimum atomic E-state index is -0.136. The summed E-state index contributed by atoms with van der Waals surface area (Å²) in [5.74, 6) is 1.44. The minimum absolute atomic E-state index is 0.0767. The maximum Gasteiger partial charge on any atom is 0.309 e. The molecule has 1 aliphatic rings. The lowest BCUT2D eigenvalue weighted by molar-refractivity contribution is -0.146. The Labute approximate surface area is 239 Å². The van der Waals surface area contributed by atoms with E-state index in [4.69, 9.17) is 24.3 Å². The lowest BCUT2D eigenvalue weighted by Crippen LogP contribution is -2.13. The Hall–Kier alpha value is -5.09. The largest absolute Gasteiger partial charge is 0.489 e. The van der Waals surface area contributed by atoms with Gasteiger partial charge in [0.05, 0.1) is 17.6 Å².